The SMILES string of the molecule is O=C([O-])C1C2CCC(C2)C1C(=O)[O-].[Mg+2]. The molecular weight excluding hydrogens is 196 g/mol. The summed E-state index contributed by atoms with van der Waals surface area (Å²) >= 11 is 0. The average molecular weight is 206 g/mol. The van der Waals surface area contributed by atoms with Crippen molar-refractivity contribution in [1.82, 2.24) is 0 Å². The number of rotatable bonds is 2. The number of carbonyl (C=O) groups is 2. The van der Waals surface area contributed by atoms with Crippen molar-refractivity contribution >= 4 is 35.0 Å². The van der Waals surface area contributed by atoms with Crippen molar-refractivity contribution in [2.75, 3.05) is 0 Å². The number of carboxylic acid groups (broad SMARTS) is 2. The number of carbonyl (C=O) groups excluding carboxylic acids is 2. The van der Waals surface area contributed by atoms with Crippen LogP contribution in [0.1, 0.15) is 19.3 Å². The molecule has 0 amide bonds. The van der Waals surface area contributed by atoms with Crippen LogP contribution in [0.5, 0.6) is 0 Å². The van der Waals surface area contributed by atoms with Crippen molar-refractivity contribution in [2.45, 2.75) is 19.3 Å². The van der Waals surface area contributed by atoms with Crippen LogP contribution in [0.2, 0.25) is 0 Å². The van der Waals surface area contributed by atoms with Gasteiger partial charge in [0, 0.05) is 23.8 Å². The number of aliphatic carboxylic acids is 2. The molecule has 0 heterocycles. The van der Waals surface area contributed by atoms with E-state index in [1.165, 1.54) is 0 Å². The zero-order valence-electron chi connectivity index (χ0n) is 7.77. The molecule has 2 saturated carbocycles. The Bertz CT molecular complexity index is 240. The van der Waals surface area contributed by atoms with E-state index >= 15 is 0 Å². The third-order valence-electron chi connectivity index (χ3n) is 3.46. The monoisotopic (exact) mass is 206 g/mol. The molecule has 0 saturated heterocycles. The van der Waals surface area contributed by atoms with Crippen molar-refractivity contribution in [2.24, 2.45) is 23.7 Å². The van der Waals surface area contributed by atoms with Crippen LogP contribution in [-0.4, -0.2) is 35.0 Å². The molecule has 2 bridgehead atoms. The molecule has 2 aliphatic carbocycles. The second kappa shape index (κ2) is 4.06. The second-order valence-electron chi connectivity index (χ2n) is 4.02. The van der Waals surface area contributed by atoms with Gasteiger partial charge in [-0.1, -0.05) is 0 Å². The van der Waals surface area contributed by atoms with Crippen LogP contribution in [0.25, 0.3) is 0 Å². The first-order valence-corrected chi connectivity index (χ1v) is 4.53. The summed E-state index contributed by atoms with van der Waals surface area (Å²) in [5.74, 6) is -4.02. The predicted octanol–water partition coefficient (Wildman–Crippen LogP) is -2.23. The van der Waals surface area contributed by atoms with Gasteiger partial charge < -0.3 is 19.8 Å². The standard InChI is InChI=1S/C9H12O4.Mg/c10-8(11)6-4-1-2-5(3-4)7(6)9(12)13;/h4-7H,1-3H2,(H,10,11)(H,12,13);/q;+2/p-2. The van der Waals surface area contributed by atoms with Crippen LogP contribution in [-0.2, 0) is 9.59 Å². The second-order valence-corrected chi connectivity index (χ2v) is 4.02. The normalized spacial score (nSPS) is 39.1. The summed E-state index contributed by atoms with van der Waals surface area (Å²) < 4.78 is 0. The zero-order chi connectivity index (χ0) is 9.59. The third-order valence-corrected chi connectivity index (χ3v) is 3.46. The topological polar surface area (TPSA) is 80.3 Å². The third kappa shape index (κ3) is 1.63. The molecule has 5 heteroatoms. The molecule has 72 valence electrons. The van der Waals surface area contributed by atoms with Crippen molar-refractivity contribution in [3.63, 3.8) is 0 Å². The quantitative estimate of drug-likeness (QED) is 0.479. The molecule has 0 spiro atoms. The predicted molar refractivity (Wildman–Crippen MR) is 43.6 cm³/mol. The zero-order valence-corrected chi connectivity index (χ0v) is 9.19. The minimum atomic E-state index is -1.22. The Labute approximate surface area is 97.8 Å². The Morgan fingerprint density at radius 3 is 1.57 bits per heavy atom. The van der Waals surface area contributed by atoms with E-state index < -0.39 is 23.8 Å². The van der Waals surface area contributed by atoms with Gasteiger partial charge in [-0.3, -0.25) is 0 Å². The number of hydrogen-bond acceptors (Lipinski definition) is 4. The fourth-order valence-electron chi connectivity index (χ4n) is 2.97. The largest absolute Gasteiger partial charge is 2.00 e. The first kappa shape index (κ1) is 11.8. The van der Waals surface area contributed by atoms with Crippen molar-refractivity contribution in [1.29, 1.82) is 0 Å². The molecule has 2 rings (SSSR count). The Balaban J connectivity index is 0.000000980. The minimum Gasteiger partial charge on any atom is -0.550 e. The molecule has 2 aliphatic rings. The van der Waals surface area contributed by atoms with Gasteiger partial charge in [-0.2, -0.15) is 0 Å². The van der Waals surface area contributed by atoms with Gasteiger partial charge in [-0.25, -0.2) is 0 Å². The van der Waals surface area contributed by atoms with Gasteiger partial charge in [0.15, 0.2) is 0 Å². The van der Waals surface area contributed by atoms with Crippen molar-refractivity contribution < 1.29 is 19.8 Å². The summed E-state index contributed by atoms with van der Waals surface area (Å²) in [5, 5.41) is 21.4. The van der Waals surface area contributed by atoms with Crippen molar-refractivity contribution in [3.05, 3.63) is 0 Å². The van der Waals surface area contributed by atoms with Gasteiger partial charge >= 0.3 is 23.1 Å². The maximum absolute atomic E-state index is 10.7. The van der Waals surface area contributed by atoms with E-state index in [9.17, 15) is 19.8 Å². The molecule has 0 aromatic carbocycles. The Hall–Kier alpha value is -0.294. The van der Waals surface area contributed by atoms with E-state index in [0.717, 1.165) is 19.3 Å². The Kier molecular flexibility index (Phi) is 3.42. The number of fused-ring (bicyclic) bond motifs is 2. The van der Waals surface area contributed by atoms with Gasteiger partial charge in [0.2, 0.25) is 0 Å². The molecule has 4 unspecified atom stereocenters. The number of carboxylic acids is 2. The first-order chi connectivity index (χ1) is 6.11. The summed E-state index contributed by atoms with van der Waals surface area (Å²) in [6, 6.07) is 0. The molecule has 4 atom stereocenters. The summed E-state index contributed by atoms with van der Waals surface area (Å²) in [6.45, 7) is 0. The van der Waals surface area contributed by atoms with E-state index in [1.54, 1.807) is 0 Å². The first-order valence-electron chi connectivity index (χ1n) is 4.53. The molecule has 0 radical (unpaired) electrons. The van der Waals surface area contributed by atoms with E-state index in [1.807, 2.05) is 0 Å². The van der Waals surface area contributed by atoms with E-state index in [-0.39, 0.29) is 34.9 Å². The van der Waals surface area contributed by atoms with Gasteiger partial charge in [0.25, 0.3) is 0 Å². The fourth-order valence-corrected chi connectivity index (χ4v) is 2.97. The van der Waals surface area contributed by atoms with Gasteiger partial charge in [-0.05, 0) is 31.1 Å². The minimum absolute atomic E-state index is 0. The summed E-state index contributed by atoms with van der Waals surface area (Å²) in [7, 11) is 0. The van der Waals surface area contributed by atoms with Crippen LogP contribution in [0.3, 0.4) is 0 Å². The molecule has 0 aliphatic heterocycles. The van der Waals surface area contributed by atoms with E-state index in [2.05, 4.69) is 0 Å². The van der Waals surface area contributed by atoms with E-state index in [4.69, 9.17) is 0 Å². The van der Waals surface area contributed by atoms with Crippen LogP contribution >= 0.6 is 0 Å². The van der Waals surface area contributed by atoms with Crippen LogP contribution < -0.4 is 10.2 Å². The van der Waals surface area contributed by atoms with Crippen LogP contribution in [0, 0.1) is 23.7 Å². The van der Waals surface area contributed by atoms with Gasteiger partial charge in [0.1, 0.15) is 0 Å². The maximum atomic E-state index is 10.7. The fraction of sp³-hybridized carbons (Fsp3) is 0.778. The van der Waals surface area contributed by atoms with Gasteiger partial charge in [-0.15, -0.1) is 0 Å². The Morgan fingerprint density at radius 1 is 0.929 bits per heavy atom. The summed E-state index contributed by atoms with van der Waals surface area (Å²) in [4.78, 5) is 21.4. The molecule has 2 fully saturated rings. The maximum Gasteiger partial charge on any atom is 2.00 e. The molecular formula is C9H10MgO4. The molecule has 0 aromatic heterocycles. The van der Waals surface area contributed by atoms with Crippen LogP contribution in [0.15, 0.2) is 0 Å². The molecule has 0 N–H and O–H groups in total. The molecule has 0 aromatic rings. The molecule has 14 heavy (non-hydrogen) atoms. The van der Waals surface area contributed by atoms with E-state index in [0.29, 0.717) is 0 Å². The smallest absolute Gasteiger partial charge is 0.550 e. The summed E-state index contributed by atoms with van der Waals surface area (Å²) in [5.41, 5.74) is 0. The summed E-state index contributed by atoms with van der Waals surface area (Å²) in [6.07, 6.45) is 2.37. The number of hydrogen-bond donors (Lipinski definition) is 0. The average Bonchev–Trinajstić information content (AvgIpc) is 2.60. The van der Waals surface area contributed by atoms with Crippen molar-refractivity contribution in [3.8, 4) is 0 Å². The van der Waals surface area contributed by atoms with Gasteiger partial charge in [0.05, 0.1) is 0 Å². The molecule has 4 nitrogen and oxygen atoms in total. The van der Waals surface area contributed by atoms with Crippen LogP contribution in [0.4, 0.5) is 0 Å². The Morgan fingerprint density at radius 2 is 1.29 bits per heavy atom.